The summed E-state index contributed by atoms with van der Waals surface area (Å²) in [4.78, 5) is 0. The van der Waals surface area contributed by atoms with Gasteiger partial charge >= 0.3 is 0 Å². The maximum Gasteiger partial charge on any atom is 0.119 e. The Kier molecular flexibility index (Phi) is 8.60. The number of hydrogen-bond acceptors (Lipinski definition) is 2. The zero-order chi connectivity index (χ0) is 18.7. The molecule has 0 aliphatic carbocycles. The zero-order valence-electron chi connectivity index (χ0n) is 16.5. The molecule has 0 fully saturated rings. The molecule has 2 rings (SSSR count). The van der Waals surface area contributed by atoms with E-state index in [2.05, 4.69) is 92.8 Å². The van der Waals surface area contributed by atoms with E-state index in [1.54, 1.807) is 0 Å². The Balaban J connectivity index is 2.28. The summed E-state index contributed by atoms with van der Waals surface area (Å²) in [5.74, 6) is 0. The van der Waals surface area contributed by atoms with Crippen LogP contribution >= 0.6 is 0 Å². The van der Waals surface area contributed by atoms with E-state index in [4.69, 9.17) is 4.74 Å². The van der Waals surface area contributed by atoms with Crippen molar-refractivity contribution in [2.24, 2.45) is 0 Å². The van der Waals surface area contributed by atoms with Crippen LogP contribution in [0.1, 0.15) is 51.2 Å². The summed E-state index contributed by atoms with van der Waals surface area (Å²) in [5, 5.41) is 3.55. The van der Waals surface area contributed by atoms with E-state index in [9.17, 15) is 0 Å². The van der Waals surface area contributed by atoms with Crippen molar-refractivity contribution in [2.75, 3.05) is 19.7 Å². The summed E-state index contributed by atoms with van der Waals surface area (Å²) < 4.78 is 6.61. The van der Waals surface area contributed by atoms with E-state index >= 15 is 0 Å². The highest BCUT2D eigenvalue weighted by molar-refractivity contribution is 5.36. The van der Waals surface area contributed by atoms with Gasteiger partial charge in [0.1, 0.15) is 5.60 Å². The molecule has 0 unspecified atom stereocenters. The molecule has 0 saturated heterocycles. The lowest BCUT2D eigenvalue weighted by molar-refractivity contribution is -0.0257. The summed E-state index contributed by atoms with van der Waals surface area (Å²) in [6.45, 7) is 9.05. The predicted octanol–water partition coefficient (Wildman–Crippen LogP) is 5.69. The maximum absolute atomic E-state index is 6.61. The number of benzene rings is 2. The number of rotatable bonds is 11. The van der Waals surface area contributed by atoms with Gasteiger partial charge in [0.25, 0.3) is 0 Å². The van der Waals surface area contributed by atoms with E-state index < -0.39 is 5.60 Å². The average Bonchev–Trinajstić information content (AvgIpc) is 2.67. The molecule has 0 bridgehead atoms. The Morgan fingerprint density at radius 3 is 2.04 bits per heavy atom. The first-order valence-corrected chi connectivity index (χ1v) is 9.78. The first kappa shape index (κ1) is 20.4. The monoisotopic (exact) mass is 351 g/mol. The number of unbranched alkanes of at least 4 members (excludes halogenated alkanes) is 1. The van der Waals surface area contributed by atoms with Crippen molar-refractivity contribution in [3.8, 4) is 0 Å². The topological polar surface area (TPSA) is 21.3 Å². The standard InChI is InChI=1S/C24H33NO/c1-4-5-20-26-24(22-12-8-6-9-13-22,23-14-10-7-11-15-23)17-19-25-18-16-21(2)3/h6-16,25H,4-5,17-20H2,1-3H3. The Morgan fingerprint density at radius 1 is 0.962 bits per heavy atom. The first-order valence-electron chi connectivity index (χ1n) is 9.78. The van der Waals surface area contributed by atoms with Crippen LogP contribution in [-0.4, -0.2) is 19.7 Å². The molecule has 0 aliphatic rings. The molecule has 1 N–H and O–H groups in total. The van der Waals surface area contributed by atoms with Crippen LogP contribution in [0.15, 0.2) is 72.3 Å². The Morgan fingerprint density at radius 2 is 1.54 bits per heavy atom. The van der Waals surface area contributed by atoms with Crippen LogP contribution in [0, 0.1) is 0 Å². The molecule has 0 amide bonds. The molecular weight excluding hydrogens is 318 g/mol. The number of hydrogen-bond donors (Lipinski definition) is 1. The average molecular weight is 352 g/mol. The van der Waals surface area contributed by atoms with E-state index in [0.717, 1.165) is 39.0 Å². The molecule has 0 atom stereocenters. The minimum absolute atomic E-state index is 0.407. The van der Waals surface area contributed by atoms with Crippen molar-refractivity contribution in [1.82, 2.24) is 5.32 Å². The van der Waals surface area contributed by atoms with Crippen molar-refractivity contribution in [1.29, 1.82) is 0 Å². The van der Waals surface area contributed by atoms with Crippen LogP contribution < -0.4 is 5.32 Å². The van der Waals surface area contributed by atoms with Crippen LogP contribution in [0.4, 0.5) is 0 Å². The molecule has 0 heterocycles. The SMILES string of the molecule is CCCCOC(CCNCC=C(C)C)(c1ccccc1)c1ccccc1. The fourth-order valence-electron chi connectivity index (χ4n) is 3.14. The van der Waals surface area contributed by atoms with Gasteiger partial charge in [0, 0.05) is 13.2 Å². The van der Waals surface area contributed by atoms with Gasteiger partial charge in [0.15, 0.2) is 0 Å². The summed E-state index contributed by atoms with van der Waals surface area (Å²) in [6, 6.07) is 21.3. The van der Waals surface area contributed by atoms with Crippen LogP contribution in [0.3, 0.4) is 0 Å². The van der Waals surface area contributed by atoms with Gasteiger partial charge in [-0.15, -0.1) is 0 Å². The molecule has 2 aromatic rings. The molecule has 2 nitrogen and oxygen atoms in total. The highest BCUT2D eigenvalue weighted by atomic mass is 16.5. The minimum Gasteiger partial charge on any atom is -0.365 e. The zero-order valence-corrected chi connectivity index (χ0v) is 16.5. The Hall–Kier alpha value is -1.90. The molecule has 0 saturated carbocycles. The van der Waals surface area contributed by atoms with Gasteiger partial charge < -0.3 is 10.1 Å². The lowest BCUT2D eigenvalue weighted by Crippen LogP contribution is -2.35. The van der Waals surface area contributed by atoms with E-state index in [1.807, 2.05) is 0 Å². The second kappa shape index (κ2) is 10.9. The van der Waals surface area contributed by atoms with Crippen LogP contribution in [0.5, 0.6) is 0 Å². The van der Waals surface area contributed by atoms with E-state index in [1.165, 1.54) is 16.7 Å². The molecule has 2 heteroatoms. The van der Waals surface area contributed by atoms with Crippen LogP contribution in [-0.2, 0) is 10.3 Å². The maximum atomic E-state index is 6.61. The van der Waals surface area contributed by atoms with Crippen LogP contribution in [0.25, 0.3) is 0 Å². The Labute approximate surface area is 159 Å². The molecule has 0 aromatic heterocycles. The molecule has 0 radical (unpaired) electrons. The molecule has 0 spiro atoms. The summed E-state index contributed by atoms with van der Waals surface area (Å²) in [6.07, 6.45) is 5.34. The third-order valence-electron chi connectivity index (χ3n) is 4.64. The smallest absolute Gasteiger partial charge is 0.119 e. The van der Waals surface area contributed by atoms with Gasteiger partial charge in [0.05, 0.1) is 0 Å². The fraction of sp³-hybridized carbons (Fsp3) is 0.417. The molecular formula is C24H33NO. The van der Waals surface area contributed by atoms with Crippen molar-refractivity contribution >= 4 is 0 Å². The lowest BCUT2D eigenvalue weighted by Gasteiger charge is -2.35. The third kappa shape index (κ3) is 5.82. The minimum atomic E-state index is -0.407. The summed E-state index contributed by atoms with van der Waals surface area (Å²) in [5.41, 5.74) is 3.39. The van der Waals surface area contributed by atoms with Gasteiger partial charge in [-0.3, -0.25) is 0 Å². The number of allylic oxidation sites excluding steroid dienone is 1. The largest absolute Gasteiger partial charge is 0.365 e. The number of ether oxygens (including phenoxy) is 1. The van der Waals surface area contributed by atoms with Crippen molar-refractivity contribution in [3.63, 3.8) is 0 Å². The predicted molar refractivity (Wildman–Crippen MR) is 111 cm³/mol. The fourth-order valence-corrected chi connectivity index (χ4v) is 3.14. The highest BCUT2D eigenvalue weighted by Crippen LogP contribution is 2.37. The van der Waals surface area contributed by atoms with Crippen molar-refractivity contribution < 1.29 is 4.74 Å². The van der Waals surface area contributed by atoms with Gasteiger partial charge in [-0.1, -0.05) is 85.7 Å². The first-order chi connectivity index (χ1) is 12.7. The highest BCUT2D eigenvalue weighted by Gasteiger charge is 2.34. The molecule has 140 valence electrons. The normalized spacial score (nSPS) is 11.3. The summed E-state index contributed by atoms with van der Waals surface area (Å²) >= 11 is 0. The van der Waals surface area contributed by atoms with E-state index in [0.29, 0.717) is 0 Å². The lowest BCUT2D eigenvalue weighted by atomic mass is 9.83. The van der Waals surface area contributed by atoms with Crippen LogP contribution in [0.2, 0.25) is 0 Å². The second-order valence-electron chi connectivity index (χ2n) is 7.00. The van der Waals surface area contributed by atoms with E-state index in [-0.39, 0.29) is 0 Å². The Bertz CT molecular complexity index is 605. The molecule has 2 aromatic carbocycles. The number of nitrogens with one attached hydrogen (secondary N) is 1. The quantitative estimate of drug-likeness (QED) is 0.414. The van der Waals surface area contributed by atoms with Gasteiger partial charge in [-0.05, 0) is 44.4 Å². The third-order valence-corrected chi connectivity index (χ3v) is 4.64. The van der Waals surface area contributed by atoms with Crippen molar-refractivity contribution in [2.45, 2.75) is 45.6 Å². The van der Waals surface area contributed by atoms with Gasteiger partial charge in [0.2, 0.25) is 0 Å². The second-order valence-corrected chi connectivity index (χ2v) is 7.00. The molecule has 26 heavy (non-hydrogen) atoms. The van der Waals surface area contributed by atoms with Gasteiger partial charge in [-0.25, -0.2) is 0 Å². The van der Waals surface area contributed by atoms with Crippen molar-refractivity contribution in [3.05, 3.63) is 83.4 Å². The van der Waals surface area contributed by atoms with Gasteiger partial charge in [-0.2, -0.15) is 0 Å². The molecule has 0 aliphatic heterocycles. The summed E-state index contributed by atoms with van der Waals surface area (Å²) in [7, 11) is 0.